The molecule has 0 unspecified atom stereocenters. The molecule has 0 aromatic heterocycles. The Morgan fingerprint density at radius 2 is 2.43 bits per heavy atom. The Labute approximate surface area is 42.5 Å². The van der Waals surface area contributed by atoms with Crippen LogP contribution in [-0.2, 0) is 4.79 Å². The van der Waals surface area contributed by atoms with Crippen LogP contribution in [0.5, 0.6) is 0 Å². The molecule has 40 valence electrons. The van der Waals surface area contributed by atoms with E-state index in [-0.39, 0.29) is 5.78 Å². The van der Waals surface area contributed by atoms with Gasteiger partial charge in [0.05, 0.1) is 6.26 Å². The number of hydrogen-bond donors (Lipinski definition) is 1. The zero-order valence-electron chi connectivity index (χ0n) is 4.22. The van der Waals surface area contributed by atoms with Crippen molar-refractivity contribution in [1.82, 2.24) is 0 Å². The maximum Gasteiger partial charge on any atom is 0.158 e. The molecule has 0 spiro atoms. The monoisotopic (exact) mass is 100 g/mol. The molecule has 0 aromatic rings. The Balaban J connectivity index is 3.37. The van der Waals surface area contributed by atoms with Gasteiger partial charge in [-0.3, -0.25) is 4.79 Å². The third-order valence-electron chi connectivity index (χ3n) is 0.609. The molecular formula is C5H8O2. The van der Waals surface area contributed by atoms with Crippen LogP contribution in [0.1, 0.15) is 13.3 Å². The normalized spacial score (nSPS) is 9.86. The Morgan fingerprint density at radius 1 is 1.86 bits per heavy atom. The van der Waals surface area contributed by atoms with E-state index in [0.29, 0.717) is 6.42 Å². The summed E-state index contributed by atoms with van der Waals surface area (Å²) in [7, 11) is 0. The summed E-state index contributed by atoms with van der Waals surface area (Å²) in [6.07, 6.45) is 2.35. The Bertz CT molecular complexity index is 84.1. The number of rotatable bonds is 2. The average molecular weight is 100 g/mol. The molecule has 0 atom stereocenters. The molecule has 2 heteroatoms. The van der Waals surface area contributed by atoms with E-state index in [0.717, 1.165) is 12.3 Å². The van der Waals surface area contributed by atoms with E-state index >= 15 is 0 Å². The van der Waals surface area contributed by atoms with Gasteiger partial charge in [0.25, 0.3) is 0 Å². The number of carbonyl (C=O) groups is 1. The van der Waals surface area contributed by atoms with Gasteiger partial charge >= 0.3 is 0 Å². The zero-order chi connectivity index (χ0) is 5.70. The maximum absolute atomic E-state index is 10.2. The standard InChI is InChI=1S/C5H8O2/c1-2-5(7)3-4-6/h3-4,6H,2H2,1H3/b4-3-. The first-order valence-corrected chi connectivity index (χ1v) is 2.14. The van der Waals surface area contributed by atoms with Crippen LogP contribution in [0.2, 0.25) is 0 Å². The zero-order valence-corrected chi connectivity index (χ0v) is 4.22. The molecular weight excluding hydrogens is 92.1 g/mol. The van der Waals surface area contributed by atoms with Crippen molar-refractivity contribution in [2.45, 2.75) is 13.3 Å². The first-order valence-electron chi connectivity index (χ1n) is 2.14. The third-order valence-corrected chi connectivity index (χ3v) is 0.609. The fraction of sp³-hybridized carbons (Fsp3) is 0.400. The van der Waals surface area contributed by atoms with Crippen molar-refractivity contribution in [2.24, 2.45) is 0 Å². The smallest absolute Gasteiger partial charge is 0.158 e. The summed E-state index contributed by atoms with van der Waals surface area (Å²) in [5, 5.41) is 7.97. The van der Waals surface area contributed by atoms with Crippen LogP contribution in [0.3, 0.4) is 0 Å². The van der Waals surface area contributed by atoms with Gasteiger partial charge in [-0.1, -0.05) is 6.92 Å². The Kier molecular flexibility index (Phi) is 3.02. The number of hydrogen-bond acceptors (Lipinski definition) is 2. The van der Waals surface area contributed by atoms with E-state index in [1.807, 2.05) is 0 Å². The number of aliphatic hydroxyl groups is 1. The van der Waals surface area contributed by atoms with Crippen molar-refractivity contribution in [2.75, 3.05) is 0 Å². The van der Waals surface area contributed by atoms with Crippen molar-refractivity contribution >= 4 is 5.78 Å². The quantitative estimate of drug-likeness (QED) is 0.415. The molecule has 0 bridgehead atoms. The largest absolute Gasteiger partial charge is 0.515 e. The molecule has 0 heterocycles. The number of allylic oxidation sites excluding steroid dienone is 1. The maximum atomic E-state index is 10.2. The molecule has 0 aromatic carbocycles. The fourth-order valence-corrected chi connectivity index (χ4v) is 0.201. The van der Waals surface area contributed by atoms with Gasteiger partial charge in [-0.15, -0.1) is 0 Å². The second-order valence-corrected chi connectivity index (χ2v) is 1.14. The van der Waals surface area contributed by atoms with Gasteiger partial charge in [-0.25, -0.2) is 0 Å². The van der Waals surface area contributed by atoms with E-state index in [1.165, 1.54) is 0 Å². The van der Waals surface area contributed by atoms with Crippen molar-refractivity contribution in [3.8, 4) is 0 Å². The van der Waals surface area contributed by atoms with Crippen LogP contribution in [0, 0.1) is 0 Å². The van der Waals surface area contributed by atoms with Gasteiger partial charge in [-0.05, 0) is 0 Å². The summed E-state index contributed by atoms with van der Waals surface area (Å²) in [5.41, 5.74) is 0. The number of aliphatic hydroxyl groups excluding tert-OH is 1. The van der Waals surface area contributed by atoms with Crippen molar-refractivity contribution in [1.29, 1.82) is 0 Å². The molecule has 0 rings (SSSR count). The lowest BCUT2D eigenvalue weighted by molar-refractivity contribution is -0.114. The summed E-state index contributed by atoms with van der Waals surface area (Å²) >= 11 is 0. The molecule has 7 heavy (non-hydrogen) atoms. The summed E-state index contributed by atoms with van der Waals surface area (Å²) in [6, 6.07) is 0. The average Bonchev–Trinajstić information content (AvgIpc) is 1.68. The van der Waals surface area contributed by atoms with Crippen molar-refractivity contribution in [3.05, 3.63) is 12.3 Å². The molecule has 2 nitrogen and oxygen atoms in total. The summed E-state index contributed by atoms with van der Waals surface area (Å²) in [6.45, 7) is 1.74. The second-order valence-electron chi connectivity index (χ2n) is 1.14. The van der Waals surface area contributed by atoms with E-state index in [9.17, 15) is 4.79 Å². The lowest BCUT2D eigenvalue weighted by atomic mass is 10.3. The highest BCUT2D eigenvalue weighted by atomic mass is 16.2. The van der Waals surface area contributed by atoms with E-state index in [1.54, 1.807) is 6.92 Å². The van der Waals surface area contributed by atoms with Crippen LogP contribution in [0.4, 0.5) is 0 Å². The molecule has 0 aliphatic heterocycles. The van der Waals surface area contributed by atoms with Crippen LogP contribution in [0.25, 0.3) is 0 Å². The lowest BCUT2D eigenvalue weighted by Gasteiger charge is -1.77. The molecule has 0 saturated carbocycles. The molecule has 1 N–H and O–H groups in total. The molecule has 0 radical (unpaired) electrons. The fourth-order valence-electron chi connectivity index (χ4n) is 0.201. The predicted octanol–water partition coefficient (Wildman–Crippen LogP) is 1.04. The van der Waals surface area contributed by atoms with Gasteiger partial charge in [0.2, 0.25) is 0 Å². The van der Waals surface area contributed by atoms with Crippen molar-refractivity contribution < 1.29 is 9.90 Å². The first-order chi connectivity index (χ1) is 3.31. The summed E-state index contributed by atoms with van der Waals surface area (Å²) in [5.74, 6) is -0.0532. The molecule has 0 aliphatic carbocycles. The van der Waals surface area contributed by atoms with Crippen LogP contribution < -0.4 is 0 Å². The highest BCUT2D eigenvalue weighted by Crippen LogP contribution is 1.79. The Morgan fingerprint density at radius 3 is 2.57 bits per heavy atom. The SMILES string of the molecule is CCC(=O)/C=C\O. The molecule has 0 amide bonds. The topological polar surface area (TPSA) is 37.3 Å². The number of carbonyl (C=O) groups excluding carboxylic acids is 1. The molecule has 0 aliphatic rings. The van der Waals surface area contributed by atoms with Gasteiger partial charge in [0, 0.05) is 12.5 Å². The first kappa shape index (κ1) is 6.21. The predicted molar refractivity (Wildman–Crippen MR) is 27.1 cm³/mol. The van der Waals surface area contributed by atoms with Gasteiger partial charge in [-0.2, -0.15) is 0 Å². The summed E-state index contributed by atoms with van der Waals surface area (Å²) < 4.78 is 0. The van der Waals surface area contributed by atoms with Gasteiger partial charge in [0.15, 0.2) is 5.78 Å². The van der Waals surface area contributed by atoms with E-state index < -0.39 is 0 Å². The molecule has 0 saturated heterocycles. The minimum Gasteiger partial charge on any atom is -0.515 e. The third kappa shape index (κ3) is 3.03. The highest BCUT2D eigenvalue weighted by molar-refractivity contribution is 5.88. The molecule has 0 fully saturated rings. The minimum absolute atomic E-state index is 0.0532. The van der Waals surface area contributed by atoms with Crippen LogP contribution in [-0.4, -0.2) is 10.9 Å². The lowest BCUT2D eigenvalue weighted by Crippen LogP contribution is -1.85. The minimum atomic E-state index is -0.0532. The van der Waals surface area contributed by atoms with E-state index in [2.05, 4.69) is 0 Å². The Hall–Kier alpha value is -0.790. The number of ketones is 1. The second kappa shape index (κ2) is 3.40. The van der Waals surface area contributed by atoms with Crippen LogP contribution >= 0.6 is 0 Å². The van der Waals surface area contributed by atoms with Gasteiger partial charge in [0.1, 0.15) is 0 Å². The highest BCUT2D eigenvalue weighted by Gasteiger charge is 1.85. The van der Waals surface area contributed by atoms with Crippen molar-refractivity contribution in [3.63, 3.8) is 0 Å². The van der Waals surface area contributed by atoms with Crippen LogP contribution in [0.15, 0.2) is 12.3 Å². The summed E-state index contributed by atoms with van der Waals surface area (Å²) in [4.78, 5) is 10.2. The van der Waals surface area contributed by atoms with E-state index in [4.69, 9.17) is 5.11 Å². The van der Waals surface area contributed by atoms with Gasteiger partial charge < -0.3 is 5.11 Å².